The lowest BCUT2D eigenvalue weighted by Gasteiger charge is -2.14. The second kappa shape index (κ2) is 8.95. The summed E-state index contributed by atoms with van der Waals surface area (Å²) < 4.78 is 10.5. The molecule has 0 saturated carbocycles. The fraction of sp³-hybridized carbons (Fsp3) is 0.250. The van der Waals surface area contributed by atoms with Crippen molar-refractivity contribution in [2.45, 2.75) is 13.0 Å². The molecule has 0 saturated heterocycles. The molecule has 27 heavy (non-hydrogen) atoms. The van der Waals surface area contributed by atoms with Crippen LogP contribution in [0.2, 0.25) is 0 Å². The predicted molar refractivity (Wildman–Crippen MR) is 102 cm³/mol. The lowest BCUT2D eigenvalue weighted by atomic mass is 10.2. The highest BCUT2D eigenvalue weighted by atomic mass is 16.5. The maximum Gasteiger partial charge on any atom is 0.257 e. The van der Waals surface area contributed by atoms with Crippen LogP contribution in [0.4, 0.5) is 0 Å². The van der Waals surface area contributed by atoms with Gasteiger partial charge in [-0.1, -0.05) is 30.3 Å². The Labute approximate surface area is 157 Å². The van der Waals surface area contributed by atoms with Gasteiger partial charge in [0.05, 0.1) is 24.5 Å². The van der Waals surface area contributed by atoms with E-state index in [0.717, 1.165) is 11.3 Å². The van der Waals surface area contributed by atoms with Gasteiger partial charge in [-0.05, 0) is 24.6 Å². The average Bonchev–Trinajstić information content (AvgIpc) is 3.20. The summed E-state index contributed by atoms with van der Waals surface area (Å²) in [5, 5.41) is 2.92. The van der Waals surface area contributed by atoms with Gasteiger partial charge in [0.25, 0.3) is 5.91 Å². The molecule has 2 aromatic heterocycles. The highest BCUT2D eigenvalue weighted by Crippen LogP contribution is 2.20. The quantitative estimate of drug-likeness (QED) is 0.598. The van der Waals surface area contributed by atoms with Gasteiger partial charge in [-0.15, -0.1) is 0 Å². The summed E-state index contributed by atoms with van der Waals surface area (Å²) in [4.78, 5) is 24.4. The molecule has 0 spiro atoms. The Morgan fingerprint density at radius 2 is 1.96 bits per heavy atom. The van der Waals surface area contributed by atoms with Gasteiger partial charge in [0.2, 0.25) is 5.88 Å². The predicted octanol–water partition coefficient (Wildman–Crippen LogP) is 2.99. The largest absolute Gasteiger partial charge is 0.475 e. The molecule has 2 heterocycles. The standard InChI is InChI=1S/C20H22N4O3/c1-14(18-22-13-17(24-18)15-7-4-3-5-8-15)23-19(25)16-9-6-10-21-20(16)27-12-11-26-2/h3-10,13-14H,11-12H2,1-2H3,(H,22,24)(H,23,25)/t14-/m0/s1. The molecule has 0 radical (unpaired) electrons. The monoisotopic (exact) mass is 366 g/mol. The first-order valence-corrected chi connectivity index (χ1v) is 8.67. The van der Waals surface area contributed by atoms with Crippen molar-refractivity contribution in [1.29, 1.82) is 0 Å². The first-order chi connectivity index (χ1) is 13.2. The summed E-state index contributed by atoms with van der Waals surface area (Å²) in [7, 11) is 1.59. The second-order valence-electron chi connectivity index (χ2n) is 5.94. The Bertz CT molecular complexity index is 880. The van der Waals surface area contributed by atoms with Gasteiger partial charge in [-0.25, -0.2) is 9.97 Å². The van der Waals surface area contributed by atoms with Gasteiger partial charge in [0, 0.05) is 13.3 Å². The number of ether oxygens (including phenoxy) is 2. The number of nitrogens with zero attached hydrogens (tertiary/aromatic N) is 2. The Kier molecular flexibility index (Phi) is 6.17. The number of H-pyrrole nitrogens is 1. The highest BCUT2D eigenvalue weighted by molar-refractivity contribution is 5.96. The van der Waals surface area contributed by atoms with E-state index in [2.05, 4.69) is 20.3 Å². The number of methoxy groups -OCH3 is 1. The van der Waals surface area contributed by atoms with Gasteiger partial charge >= 0.3 is 0 Å². The number of amides is 1. The van der Waals surface area contributed by atoms with Crippen LogP contribution >= 0.6 is 0 Å². The number of carbonyl (C=O) groups excluding carboxylic acids is 1. The van der Waals surface area contributed by atoms with Crippen molar-refractivity contribution in [3.8, 4) is 17.1 Å². The van der Waals surface area contributed by atoms with Crippen molar-refractivity contribution in [3.05, 3.63) is 66.2 Å². The minimum absolute atomic E-state index is 0.277. The lowest BCUT2D eigenvalue weighted by Crippen LogP contribution is -2.28. The first-order valence-electron chi connectivity index (χ1n) is 8.67. The summed E-state index contributed by atoms with van der Waals surface area (Å²) in [5.41, 5.74) is 2.31. The molecule has 0 aliphatic carbocycles. The number of hydrogen-bond acceptors (Lipinski definition) is 5. The zero-order chi connectivity index (χ0) is 19.1. The zero-order valence-corrected chi connectivity index (χ0v) is 15.3. The van der Waals surface area contributed by atoms with Crippen LogP contribution in [0, 0.1) is 0 Å². The molecule has 0 aliphatic rings. The minimum atomic E-state index is -0.304. The van der Waals surface area contributed by atoms with Crippen LogP contribution < -0.4 is 10.1 Å². The molecular formula is C20H22N4O3. The molecule has 0 unspecified atom stereocenters. The van der Waals surface area contributed by atoms with E-state index in [0.29, 0.717) is 24.6 Å². The third-order valence-electron chi connectivity index (χ3n) is 3.98. The maximum absolute atomic E-state index is 12.7. The third kappa shape index (κ3) is 4.71. The van der Waals surface area contributed by atoms with Crippen molar-refractivity contribution >= 4 is 5.91 Å². The Balaban J connectivity index is 1.69. The molecular weight excluding hydrogens is 344 g/mol. The third-order valence-corrected chi connectivity index (χ3v) is 3.98. The fourth-order valence-corrected chi connectivity index (χ4v) is 2.56. The number of benzene rings is 1. The summed E-state index contributed by atoms with van der Waals surface area (Å²) in [6.45, 7) is 2.61. The van der Waals surface area contributed by atoms with Gasteiger partial charge in [0.15, 0.2) is 0 Å². The number of pyridine rings is 1. The van der Waals surface area contributed by atoms with Crippen LogP contribution in [0.15, 0.2) is 54.9 Å². The highest BCUT2D eigenvalue weighted by Gasteiger charge is 2.18. The van der Waals surface area contributed by atoms with Crippen molar-refractivity contribution in [2.24, 2.45) is 0 Å². The average molecular weight is 366 g/mol. The summed E-state index contributed by atoms with van der Waals surface area (Å²) in [5.74, 6) is 0.678. The number of imidazole rings is 1. The van der Waals surface area contributed by atoms with Crippen LogP contribution in [-0.2, 0) is 4.74 Å². The van der Waals surface area contributed by atoms with Gasteiger partial charge in [0.1, 0.15) is 18.0 Å². The number of aromatic nitrogens is 3. The van der Waals surface area contributed by atoms with Crippen LogP contribution in [0.25, 0.3) is 11.3 Å². The summed E-state index contributed by atoms with van der Waals surface area (Å²) >= 11 is 0. The number of rotatable bonds is 8. The van der Waals surface area contributed by atoms with Crippen LogP contribution in [0.1, 0.15) is 29.1 Å². The van der Waals surface area contributed by atoms with Gasteiger partial charge < -0.3 is 19.8 Å². The molecule has 7 nitrogen and oxygen atoms in total. The molecule has 0 bridgehead atoms. The SMILES string of the molecule is COCCOc1ncccc1C(=O)N[C@@H](C)c1ncc(-c2ccccc2)[nH]1. The molecule has 0 fully saturated rings. The van der Waals surface area contributed by atoms with Crippen molar-refractivity contribution in [2.75, 3.05) is 20.3 Å². The Hall–Kier alpha value is -3.19. The smallest absolute Gasteiger partial charge is 0.257 e. The Morgan fingerprint density at radius 1 is 1.15 bits per heavy atom. The van der Waals surface area contributed by atoms with Crippen LogP contribution in [0.5, 0.6) is 5.88 Å². The fourth-order valence-electron chi connectivity index (χ4n) is 2.56. The van der Waals surface area contributed by atoms with E-state index in [9.17, 15) is 4.79 Å². The normalized spacial score (nSPS) is 11.8. The van der Waals surface area contributed by atoms with Gasteiger partial charge in [-0.3, -0.25) is 4.79 Å². The lowest BCUT2D eigenvalue weighted by molar-refractivity contribution is 0.0929. The van der Waals surface area contributed by atoms with E-state index in [4.69, 9.17) is 9.47 Å². The van der Waals surface area contributed by atoms with E-state index < -0.39 is 0 Å². The van der Waals surface area contributed by atoms with E-state index in [1.807, 2.05) is 37.3 Å². The zero-order valence-electron chi connectivity index (χ0n) is 15.3. The Morgan fingerprint density at radius 3 is 2.74 bits per heavy atom. The van der Waals surface area contributed by atoms with E-state index >= 15 is 0 Å². The molecule has 2 N–H and O–H groups in total. The van der Waals surface area contributed by atoms with E-state index in [1.54, 1.807) is 31.6 Å². The molecule has 1 atom stereocenters. The summed E-state index contributed by atoms with van der Waals surface area (Å²) in [6.07, 6.45) is 3.34. The van der Waals surface area contributed by atoms with E-state index in [-0.39, 0.29) is 17.8 Å². The maximum atomic E-state index is 12.7. The molecule has 3 aromatic rings. The minimum Gasteiger partial charge on any atom is -0.475 e. The number of nitrogens with one attached hydrogen (secondary N) is 2. The molecule has 1 amide bonds. The van der Waals surface area contributed by atoms with Gasteiger partial charge in [-0.2, -0.15) is 0 Å². The summed E-state index contributed by atoms with van der Waals surface area (Å²) in [6, 6.07) is 13.0. The first kappa shape index (κ1) is 18.6. The second-order valence-corrected chi connectivity index (χ2v) is 5.94. The van der Waals surface area contributed by atoms with Crippen molar-refractivity contribution in [1.82, 2.24) is 20.3 Å². The molecule has 0 aliphatic heterocycles. The number of carbonyl (C=O) groups is 1. The molecule has 7 heteroatoms. The van der Waals surface area contributed by atoms with Crippen molar-refractivity contribution in [3.63, 3.8) is 0 Å². The molecule has 1 aromatic carbocycles. The number of aromatic amines is 1. The van der Waals surface area contributed by atoms with Crippen LogP contribution in [0.3, 0.4) is 0 Å². The van der Waals surface area contributed by atoms with E-state index in [1.165, 1.54) is 0 Å². The molecule has 140 valence electrons. The van der Waals surface area contributed by atoms with Crippen LogP contribution in [-0.4, -0.2) is 41.2 Å². The molecule has 3 rings (SSSR count). The number of hydrogen-bond donors (Lipinski definition) is 2. The topological polar surface area (TPSA) is 89.1 Å². The van der Waals surface area contributed by atoms with Crippen molar-refractivity contribution < 1.29 is 14.3 Å².